The number of rotatable bonds is 0. The van der Waals surface area contributed by atoms with Gasteiger partial charge in [0.15, 0.2) is 0 Å². The van der Waals surface area contributed by atoms with Gasteiger partial charge in [-0.3, -0.25) is 27.4 Å². The molecule has 0 aliphatic heterocycles. The average Bonchev–Trinajstić information content (AvgIpc) is 1.94. The molecule has 0 aromatic carbocycles. The number of hydrogen-bond donors (Lipinski definition) is 13. The molecule has 0 saturated heterocycles. The first-order chi connectivity index (χ1) is 12.0. The topological polar surface area (TPSA) is 380 Å². The lowest BCUT2D eigenvalue weighted by Crippen LogP contribution is -1.64. The molecule has 0 amide bonds. The quantitative estimate of drug-likeness (QED) is 0.149. The molecule has 0 saturated carbocycles. The van der Waals surface area contributed by atoms with E-state index in [2.05, 4.69) is 0 Å². The van der Waals surface area contributed by atoms with Crippen LogP contribution >= 0.6 is 45.6 Å². The van der Waals surface area contributed by atoms with E-state index in [0.717, 1.165) is 40.0 Å². The first-order valence-electron chi connectivity index (χ1n) is 6.18. The fraction of sp³-hybridized carbons (Fsp3) is 1.00. The van der Waals surface area contributed by atoms with E-state index < -0.39 is 45.6 Å². The van der Waals surface area contributed by atoms with Gasteiger partial charge in [-0.15, -0.1) is 0 Å². The van der Waals surface area contributed by atoms with Crippen LogP contribution in [0, 0.1) is 0 Å². The van der Waals surface area contributed by atoms with Crippen molar-refractivity contribution in [2.45, 2.75) is 0 Å². The smallest absolute Gasteiger partial charge is 0.322 e. The first kappa shape index (κ1) is 49.1. The van der Waals surface area contributed by atoms with Crippen LogP contribution in [0.3, 0.4) is 0 Å². The monoisotopic (exact) mass is 593 g/mol. The van der Waals surface area contributed by atoms with Crippen LogP contribution in [-0.4, -0.2) is 98.7 Å². The molecule has 0 atom stereocenters. The summed E-state index contributed by atoms with van der Waals surface area (Å²) in [5.74, 6) is 0. The minimum atomic E-state index is -3.64. The molecule has 0 aromatic rings. The molecule has 200 valence electrons. The Morgan fingerprint density at radius 1 is 0.290 bits per heavy atom. The molecule has 19 nitrogen and oxygen atoms in total. The third-order valence-electron chi connectivity index (χ3n) is 0. The Morgan fingerprint density at radius 3 is 0.290 bits per heavy atom. The standard InChI is InChI=1S/6CH5O3P.H3N/c6*1-5(2,3)4;/h6*1H3,(H2,2,3,4);1H3. The van der Waals surface area contributed by atoms with Crippen molar-refractivity contribution in [2.75, 3.05) is 40.0 Å². The third kappa shape index (κ3) is 34800. The summed E-state index contributed by atoms with van der Waals surface area (Å²) < 4.78 is 56.0. The molecular weight excluding hydrogens is 560 g/mol. The summed E-state index contributed by atoms with van der Waals surface area (Å²) in [6.45, 7) is 5.13. The Morgan fingerprint density at radius 2 is 0.290 bits per heavy atom. The molecule has 0 aromatic heterocycles. The molecule has 0 unspecified atom stereocenters. The molecule has 0 bridgehead atoms. The van der Waals surface area contributed by atoms with Gasteiger partial charge in [0.25, 0.3) is 0 Å². The van der Waals surface area contributed by atoms with Gasteiger partial charge in [0.2, 0.25) is 0 Å². The summed E-state index contributed by atoms with van der Waals surface area (Å²) in [5, 5.41) is 0. The molecule has 0 rings (SSSR count). The molecule has 31 heavy (non-hydrogen) atoms. The van der Waals surface area contributed by atoms with Crippen molar-refractivity contribution >= 4 is 45.6 Å². The summed E-state index contributed by atoms with van der Waals surface area (Å²) in [4.78, 5) is 91.6. The molecule has 0 aliphatic rings. The Bertz CT molecular complexity index is 480. The van der Waals surface area contributed by atoms with Gasteiger partial charge in [-0.05, 0) is 0 Å². The molecular formula is C6H33NO18P6. The molecule has 0 heterocycles. The highest BCUT2D eigenvalue weighted by molar-refractivity contribution is 7.52. The van der Waals surface area contributed by atoms with Crippen molar-refractivity contribution in [2.24, 2.45) is 0 Å². The lowest BCUT2D eigenvalue weighted by atomic mass is 12.0. The van der Waals surface area contributed by atoms with Gasteiger partial charge in [0.1, 0.15) is 0 Å². The second-order valence-electron chi connectivity index (χ2n) is 5.01. The van der Waals surface area contributed by atoms with Crippen LogP contribution in [-0.2, 0) is 27.4 Å². The van der Waals surface area contributed by atoms with Crippen molar-refractivity contribution in [3.63, 3.8) is 0 Å². The molecule has 0 radical (unpaired) electrons. The summed E-state index contributed by atoms with van der Waals surface area (Å²) in [6.07, 6.45) is 0. The zero-order chi connectivity index (χ0) is 27.0. The molecule has 0 aliphatic carbocycles. The van der Waals surface area contributed by atoms with Crippen LogP contribution in [0.25, 0.3) is 0 Å². The Kier molecular flexibility index (Phi) is 32.1. The van der Waals surface area contributed by atoms with Gasteiger partial charge >= 0.3 is 45.6 Å². The van der Waals surface area contributed by atoms with E-state index >= 15 is 0 Å². The summed E-state index contributed by atoms with van der Waals surface area (Å²) in [6, 6.07) is 0. The summed E-state index contributed by atoms with van der Waals surface area (Å²) in [7, 11) is -21.8. The highest BCUT2D eigenvalue weighted by Gasteiger charge is 1.97. The van der Waals surface area contributed by atoms with Crippen LogP contribution in [0.2, 0.25) is 0 Å². The summed E-state index contributed by atoms with van der Waals surface area (Å²) in [5.41, 5.74) is 0. The molecule has 15 N–H and O–H groups in total. The maximum atomic E-state index is 9.33. The van der Waals surface area contributed by atoms with E-state index in [1.807, 2.05) is 0 Å². The minimum absolute atomic E-state index is 0. The van der Waals surface area contributed by atoms with E-state index in [0.29, 0.717) is 0 Å². The van der Waals surface area contributed by atoms with Crippen LogP contribution < -0.4 is 6.15 Å². The van der Waals surface area contributed by atoms with Crippen LogP contribution in [0.4, 0.5) is 0 Å². The highest BCUT2D eigenvalue weighted by atomic mass is 31.2. The molecule has 25 heteroatoms. The second-order valence-corrected chi connectivity index (χ2v) is 15.0. The average molecular weight is 593 g/mol. The van der Waals surface area contributed by atoms with Crippen molar-refractivity contribution in [3.8, 4) is 0 Å². The largest absolute Gasteiger partial charge is 0.344 e. The fourth-order valence-electron chi connectivity index (χ4n) is 0. The van der Waals surface area contributed by atoms with Crippen molar-refractivity contribution < 1.29 is 86.1 Å². The minimum Gasteiger partial charge on any atom is -0.344 e. The van der Waals surface area contributed by atoms with Crippen LogP contribution in [0.1, 0.15) is 0 Å². The lowest BCUT2D eigenvalue weighted by Gasteiger charge is -1.84. The Balaban J connectivity index is -0.0000000443. The highest BCUT2D eigenvalue weighted by Crippen LogP contribution is 2.28. The van der Waals surface area contributed by atoms with Crippen molar-refractivity contribution in [1.82, 2.24) is 6.15 Å². The maximum Gasteiger partial charge on any atom is 0.322 e. The van der Waals surface area contributed by atoms with E-state index in [4.69, 9.17) is 58.7 Å². The summed E-state index contributed by atoms with van der Waals surface area (Å²) >= 11 is 0. The fourth-order valence-corrected chi connectivity index (χ4v) is 0. The Hall–Kier alpha value is 0.860. The van der Waals surface area contributed by atoms with Crippen molar-refractivity contribution in [1.29, 1.82) is 0 Å². The second kappa shape index (κ2) is 20.3. The third-order valence-corrected chi connectivity index (χ3v) is 0. The van der Waals surface area contributed by atoms with Gasteiger partial charge < -0.3 is 64.9 Å². The molecule has 0 spiro atoms. The van der Waals surface area contributed by atoms with Gasteiger partial charge in [0.05, 0.1) is 0 Å². The molecule has 0 fully saturated rings. The number of hydrogen-bond acceptors (Lipinski definition) is 7. The van der Waals surface area contributed by atoms with Gasteiger partial charge in [0, 0.05) is 40.0 Å². The predicted molar refractivity (Wildman–Crippen MR) is 113 cm³/mol. The van der Waals surface area contributed by atoms with E-state index in [1.165, 1.54) is 0 Å². The van der Waals surface area contributed by atoms with Crippen LogP contribution in [0.15, 0.2) is 0 Å². The van der Waals surface area contributed by atoms with Crippen LogP contribution in [0.5, 0.6) is 0 Å². The zero-order valence-electron chi connectivity index (χ0n) is 17.2. The van der Waals surface area contributed by atoms with E-state index in [-0.39, 0.29) is 6.15 Å². The van der Waals surface area contributed by atoms with Gasteiger partial charge in [-0.2, -0.15) is 0 Å². The SMILES string of the molecule is CP(=O)(O)O.CP(=O)(O)O.CP(=O)(O)O.CP(=O)(O)O.CP(=O)(O)O.CP(=O)(O)O.N. The Labute approximate surface area is 178 Å². The lowest BCUT2D eigenvalue weighted by molar-refractivity contribution is 0.379. The van der Waals surface area contributed by atoms with Crippen molar-refractivity contribution in [3.05, 3.63) is 0 Å². The first-order valence-corrected chi connectivity index (χ1v) is 18.5. The van der Waals surface area contributed by atoms with E-state index in [9.17, 15) is 27.4 Å². The van der Waals surface area contributed by atoms with Gasteiger partial charge in [-0.25, -0.2) is 0 Å². The normalized spacial score (nSPS) is 11.4. The maximum absolute atomic E-state index is 9.33. The van der Waals surface area contributed by atoms with E-state index in [1.54, 1.807) is 0 Å². The predicted octanol–water partition coefficient (Wildman–Crippen LogP) is -1.07. The van der Waals surface area contributed by atoms with Gasteiger partial charge in [-0.1, -0.05) is 0 Å². The zero-order valence-corrected chi connectivity index (χ0v) is 22.6.